The Morgan fingerprint density at radius 2 is 2.22 bits per heavy atom. The van der Waals surface area contributed by atoms with Crippen molar-refractivity contribution < 1.29 is 9.53 Å². The number of ether oxygens (including phenoxy) is 1. The maximum absolute atomic E-state index is 11.8. The Morgan fingerprint density at radius 3 is 2.67 bits per heavy atom. The Kier molecular flexibility index (Phi) is 3.23. The maximum atomic E-state index is 11.8. The first-order valence-corrected chi connectivity index (χ1v) is 6.73. The first-order chi connectivity index (χ1) is 8.43. The van der Waals surface area contributed by atoms with Crippen molar-refractivity contribution in [2.24, 2.45) is 23.2 Å². The van der Waals surface area contributed by atoms with E-state index in [-0.39, 0.29) is 5.57 Å². The van der Waals surface area contributed by atoms with Crippen LogP contribution in [0.15, 0.2) is 11.1 Å². The number of nitrogens with zero attached hydrogens (tertiary/aromatic N) is 1. The lowest BCUT2D eigenvalue weighted by molar-refractivity contribution is -0.138. The first kappa shape index (κ1) is 13.1. The van der Waals surface area contributed by atoms with E-state index in [1.54, 1.807) is 6.92 Å². The summed E-state index contributed by atoms with van der Waals surface area (Å²) in [6.45, 7) is 8.94. The lowest BCUT2D eigenvalue weighted by Crippen LogP contribution is -2.30. The molecule has 2 fully saturated rings. The van der Waals surface area contributed by atoms with Gasteiger partial charge in [0, 0.05) is 0 Å². The number of nitriles is 1. The fourth-order valence-electron chi connectivity index (χ4n) is 3.65. The average molecular weight is 247 g/mol. The van der Waals surface area contributed by atoms with Crippen molar-refractivity contribution in [3.05, 3.63) is 11.1 Å². The van der Waals surface area contributed by atoms with E-state index in [1.165, 1.54) is 0 Å². The molecule has 0 aromatic rings. The van der Waals surface area contributed by atoms with E-state index in [1.807, 2.05) is 0 Å². The minimum atomic E-state index is -0.437. The molecule has 2 saturated carbocycles. The minimum absolute atomic E-state index is 0.270. The van der Waals surface area contributed by atoms with Gasteiger partial charge in [0.05, 0.1) is 6.61 Å². The summed E-state index contributed by atoms with van der Waals surface area (Å²) >= 11 is 0. The Hall–Kier alpha value is -1.30. The zero-order chi connectivity index (χ0) is 13.5. The van der Waals surface area contributed by atoms with Gasteiger partial charge in [0.25, 0.3) is 0 Å². The standard InChI is InChI=1S/C15H21NO2/c1-5-18-14(17)13(8-16)12-7-10-6-11(12)9(2)15(10,3)4/h9-11H,5-7H2,1-4H3/b13-12+/t9-,10+,11+/m1/s1. The van der Waals surface area contributed by atoms with E-state index in [4.69, 9.17) is 4.74 Å². The molecular formula is C15H21NO2. The zero-order valence-corrected chi connectivity index (χ0v) is 11.6. The van der Waals surface area contributed by atoms with Crippen LogP contribution in [0.5, 0.6) is 0 Å². The summed E-state index contributed by atoms with van der Waals surface area (Å²) in [7, 11) is 0. The molecule has 98 valence electrons. The van der Waals surface area contributed by atoms with Gasteiger partial charge in [0.15, 0.2) is 0 Å². The Balaban J connectivity index is 2.32. The Labute approximate surface area is 109 Å². The fraction of sp³-hybridized carbons (Fsp3) is 0.733. The van der Waals surface area contributed by atoms with E-state index in [0.29, 0.717) is 29.8 Å². The molecule has 0 aromatic heterocycles. The molecule has 2 aliphatic carbocycles. The summed E-state index contributed by atoms with van der Waals surface area (Å²) in [4.78, 5) is 11.8. The molecule has 18 heavy (non-hydrogen) atoms. The molecule has 3 nitrogen and oxygen atoms in total. The second-order valence-corrected chi connectivity index (χ2v) is 6.09. The summed E-state index contributed by atoms with van der Waals surface area (Å²) in [6.07, 6.45) is 2.01. The van der Waals surface area contributed by atoms with Gasteiger partial charge in [-0.05, 0) is 48.5 Å². The van der Waals surface area contributed by atoms with Crippen LogP contribution < -0.4 is 0 Å². The van der Waals surface area contributed by atoms with Gasteiger partial charge in [-0.15, -0.1) is 0 Å². The van der Waals surface area contributed by atoms with Gasteiger partial charge in [-0.1, -0.05) is 20.8 Å². The predicted octanol–water partition coefficient (Wildman–Crippen LogP) is 3.07. The molecule has 0 spiro atoms. The van der Waals surface area contributed by atoms with Crippen LogP contribution in [0.4, 0.5) is 0 Å². The molecule has 0 N–H and O–H groups in total. The van der Waals surface area contributed by atoms with E-state index in [0.717, 1.165) is 18.4 Å². The van der Waals surface area contributed by atoms with E-state index in [9.17, 15) is 10.1 Å². The molecule has 0 radical (unpaired) electrons. The van der Waals surface area contributed by atoms with Crippen molar-refractivity contribution in [3.8, 4) is 6.07 Å². The summed E-state index contributed by atoms with van der Waals surface area (Å²) in [5.41, 5.74) is 1.64. The number of esters is 1. The molecular weight excluding hydrogens is 226 g/mol. The first-order valence-electron chi connectivity index (χ1n) is 6.73. The molecule has 2 rings (SSSR count). The molecule has 0 saturated heterocycles. The highest BCUT2D eigenvalue weighted by Gasteiger charge is 2.53. The number of hydrogen-bond acceptors (Lipinski definition) is 3. The molecule has 3 atom stereocenters. The summed E-state index contributed by atoms with van der Waals surface area (Å²) in [5, 5.41) is 9.22. The van der Waals surface area contributed by atoms with Gasteiger partial charge in [-0.3, -0.25) is 0 Å². The highest BCUT2D eigenvalue weighted by molar-refractivity contribution is 5.94. The Morgan fingerprint density at radius 1 is 1.56 bits per heavy atom. The van der Waals surface area contributed by atoms with Crippen molar-refractivity contribution in [3.63, 3.8) is 0 Å². The van der Waals surface area contributed by atoms with Gasteiger partial charge in [-0.25, -0.2) is 4.79 Å². The normalized spacial score (nSPS) is 35.2. The topological polar surface area (TPSA) is 50.1 Å². The third-order valence-electron chi connectivity index (χ3n) is 5.19. The third kappa shape index (κ3) is 1.75. The number of hydrogen-bond donors (Lipinski definition) is 0. The largest absolute Gasteiger partial charge is 0.462 e. The van der Waals surface area contributed by atoms with Crippen LogP contribution in [-0.2, 0) is 9.53 Å². The van der Waals surface area contributed by atoms with Crippen molar-refractivity contribution in [2.45, 2.75) is 40.5 Å². The molecule has 0 aliphatic heterocycles. The predicted molar refractivity (Wildman–Crippen MR) is 68.4 cm³/mol. The van der Waals surface area contributed by atoms with Gasteiger partial charge in [0.1, 0.15) is 11.6 Å². The average Bonchev–Trinajstić information content (AvgIpc) is 2.81. The van der Waals surface area contributed by atoms with Crippen LogP contribution >= 0.6 is 0 Å². The molecule has 0 unspecified atom stereocenters. The monoisotopic (exact) mass is 247 g/mol. The van der Waals surface area contributed by atoms with Gasteiger partial charge in [-0.2, -0.15) is 5.26 Å². The molecule has 0 amide bonds. The number of carbonyl (C=O) groups is 1. The van der Waals surface area contributed by atoms with E-state index >= 15 is 0 Å². The van der Waals surface area contributed by atoms with Crippen molar-refractivity contribution in [2.75, 3.05) is 6.61 Å². The Bertz CT molecular complexity index is 438. The maximum Gasteiger partial charge on any atom is 0.348 e. The van der Waals surface area contributed by atoms with Crippen molar-refractivity contribution >= 4 is 5.97 Å². The van der Waals surface area contributed by atoms with Crippen molar-refractivity contribution in [1.82, 2.24) is 0 Å². The third-order valence-corrected chi connectivity index (χ3v) is 5.19. The van der Waals surface area contributed by atoms with Gasteiger partial charge >= 0.3 is 5.97 Å². The molecule has 3 heteroatoms. The van der Waals surface area contributed by atoms with Crippen LogP contribution in [0.3, 0.4) is 0 Å². The minimum Gasteiger partial charge on any atom is -0.462 e. The van der Waals surface area contributed by atoms with Gasteiger partial charge < -0.3 is 4.74 Å². The van der Waals surface area contributed by atoms with Crippen LogP contribution in [0.25, 0.3) is 0 Å². The lowest BCUT2D eigenvalue weighted by atomic mass is 9.67. The summed E-state index contributed by atoms with van der Waals surface area (Å²) in [6, 6.07) is 2.07. The SMILES string of the molecule is CCOC(=O)/C(C#N)=C1\C[C@@H]2C[C@H]1[C@@H](C)C2(C)C. The highest BCUT2D eigenvalue weighted by Crippen LogP contribution is 2.61. The van der Waals surface area contributed by atoms with Crippen molar-refractivity contribution in [1.29, 1.82) is 5.26 Å². The summed E-state index contributed by atoms with van der Waals surface area (Å²) < 4.78 is 4.98. The van der Waals surface area contributed by atoms with Crippen LogP contribution in [0.1, 0.15) is 40.5 Å². The molecule has 2 aliphatic rings. The van der Waals surface area contributed by atoms with Crippen LogP contribution in [0, 0.1) is 34.5 Å². The van der Waals surface area contributed by atoms with E-state index in [2.05, 4.69) is 26.8 Å². The smallest absolute Gasteiger partial charge is 0.348 e. The van der Waals surface area contributed by atoms with Crippen LogP contribution in [0.2, 0.25) is 0 Å². The number of carbonyl (C=O) groups excluding carboxylic acids is 1. The lowest BCUT2D eigenvalue weighted by Gasteiger charge is -2.37. The molecule has 0 aromatic carbocycles. The molecule has 0 heterocycles. The highest BCUT2D eigenvalue weighted by atomic mass is 16.5. The molecule has 2 bridgehead atoms. The number of rotatable bonds is 2. The number of fused-ring (bicyclic) bond motifs is 2. The van der Waals surface area contributed by atoms with Gasteiger partial charge in [0.2, 0.25) is 0 Å². The van der Waals surface area contributed by atoms with E-state index < -0.39 is 5.97 Å². The van der Waals surface area contributed by atoms with Crippen LogP contribution in [-0.4, -0.2) is 12.6 Å². The summed E-state index contributed by atoms with van der Waals surface area (Å²) in [5.74, 6) is 1.09. The number of allylic oxidation sites excluding steroid dienone is 1. The fourth-order valence-corrected chi connectivity index (χ4v) is 3.65. The zero-order valence-electron chi connectivity index (χ0n) is 11.6. The second-order valence-electron chi connectivity index (χ2n) is 6.09. The quantitative estimate of drug-likeness (QED) is 0.428. The second kappa shape index (κ2) is 4.42.